The summed E-state index contributed by atoms with van der Waals surface area (Å²) in [5.41, 5.74) is 0. The molecule has 0 amide bonds. The molecule has 0 aromatic heterocycles. The number of hydrogen-bond donors (Lipinski definition) is 0. The van der Waals surface area contributed by atoms with Gasteiger partial charge in [-0.25, -0.2) is 0 Å². The predicted molar refractivity (Wildman–Crippen MR) is 11.5 cm³/mol. The smallest absolute Gasteiger partial charge is 3.00 e. The largest absolute Gasteiger partial charge is 3.00 e. The van der Waals surface area contributed by atoms with E-state index in [0.717, 1.165) is 0 Å². The van der Waals surface area contributed by atoms with E-state index in [9.17, 15) is 0 Å². The van der Waals surface area contributed by atoms with E-state index in [1.54, 1.807) is 0 Å². The van der Waals surface area contributed by atoms with Gasteiger partial charge in [0, 0.05) is 0 Å². The summed E-state index contributed by atoms with van der Waals surface area (Å²) in [7, 11) is 0. The molecule has 0 unspecified atom stereocenters. The van der Waals surface area contributed by atoms with Crippen molar-refractivity contribution in [1.29, 1.82) is 0 Å². The maximum Gasteiger partial charge on any atom is 3.00 e. The summed E-state index contributed by atoms with van der Waals surface area (Å²) < 4.78 is 25.7. The molecule has 0 aliphatic rings. The van der Waals surface area contributed by atoms with Crippen molar-refractivity contribution in [2.24, 2.45) is 0 Å². The number of rotatable bonds is 0. The van der Waals surface area contributed by atoms with E-state index in [4.69, 9.17) is 12.3 Å². The molecule has 0 radical (unpaired) electrons. The van der Waals surface area contributed by atoms with Crippen LogP contribution in [0.4, 0.5) is 0 Å². The van der Waals surface area contributed by atoms with Crippen molar-refractivity contribution < 1.29 is 12.3 Å². The molecule has 0 spiro atoms. The van der Waals surface area contributed by atoms with E-state index in [2.05, 4.69) is 0 Å². The first kappa shape index (κ1) is 9.61. The van der Waals surface area contributed by atoms with Gasteiger partial charge in [0.05, 0.1) is 0 Å². The topological polar surface area (TPSA) is 69.2 Å². The number of hydrogen-bond acceptors (Lipinski definition) is 3. The Kier molecular flexibility index (Phi) is 10.3. The van der Waals surface area contributed by atoms with Gasteiger partial charge in [-0.1, -0.05) is 0 Å². The molecule has 5 heteroatoms. The van der Waals surface area contributed by atoms with Gasteiger partial charge in [-0.15, -0.1) is 0 Å². The Balaban J connectivity index is 0. The quantitative estimate of drug-likeness (QED) is 0.423. The van der Waals surface area contributed by atoms with Crippen LogP contribution in [0, 0.1) is 0 Å². The van der Waals surface area contributed by atoms with Crippen molar-refractivity contribution in [3.05, 3.63) is 0 Å². The average molecular weight is 327 g/mol. The molecular weight excluding hydrogens is 327 g/mol. The third-order valence-electron chi connectivity index (χ3n) is 0. The predicted octanol–water partition coefficient (Wildman–Crippen LogP) is -4.33. The van der Waals surface area contributed by atoms with Crippen molar-refractivity contribution in [1.82, 2.24) is 0 Å². The van der Waals surface area contributed by atoms with Crippen LogP contribution in [0.3, 0.4) is 0 Å². The van der Waals surface area contributed by atoms with E-state index in [1.807, 2.05) is 0 Å². The van der Waals surface area contributed by atoms with Crippen molar-refractivity contribution in [2.75, 3.05) is 0 Å². The van der Waals surface area contributed by atoms with Crippen LogP contribution in [-0.4, -0.2) is 43.0 Å². The van der Waals surface area contributed by atoms with Crippen LogP contribution in [0.1, 0.15) is 0 Å². The second-order valence-corrected chi connectivity index (χ2v) is 1.16. The Morgan fingerprint density at radius 2 is 1.00 bits per heavy atom. The summed E-state index contributed by atoms with van der Waals surface area (Å²) in [6.45, 7) is 0. The summed E-state index contributed by atoms with van der Waals surface area (Å²) in [5.74, 6) is 0. The van der Waals surface area contributed by atoms with Crippen LogP contribution in [0.5, 0.6) is 0 Å². The van der Waals surface area contributed by atoms with E-state index in [-0.39, 0.29) is 27.3 Å². The summed E-state index contributed by atoms with van der Waals surface area (Å²) in [6.07, 6.45) is 0. The molecule has 0 bridgehead atoms. The monoisotopic (exact) mass is 328 g/mol. The summed E-state index contributed by atoms with van der Waals surface area (Å²) in [4.78, 5) is 0. The van der Waals surface area contributed by atoms with E-state index in [1.165, 1.54) is 0 Å². The van der Waals surface area contributed by atoms with E-state index >= 15 is 0 Å². The molecule has 0 rings (SSSR count). The van der Waals surface area contributed by atoms with Crippen LogP contribution in [0.15, 0.2) is 0 Å². The first-order chi connectivity index (χ1) is 1.73. The third kappa shape index (κ3) is 32.7. The van der Waals surface area contributed by atoms with E-state index < -0.39 is 15.7 Å². The molecule has 0 N–H and O–H groups in total. The molecule has 0 aliphatic heterocycles. The maximum absolute atomic E-state index is 8.56. The van der Waals surface area contributed by atoms with Crippen LogP contribution in [0.25, 0.3) is 0 Å². The summed E-state index contributed by atoms with van der Waals surface area (Å²) in [6, 6.07) is 0. The minimum atomic E-state index is -3.94. The minimum Gasteiger partial charge on any atom is 3.00 e. The van der Waals surface area contributed by atoms with Gasteiger partial charge < -0.3 is 0 Å². The van der Waals surface area contributed by atoms with Gasteiger partial charge in [0.15, 0.2) is 0 Å². The second-order valence-electron chi connectivity index (χ2n) is 0.224. The van der Waals surface area contributed by atoms with Gasteiger partial charge >= 0.3 is 55.3 Å². The average Bonchev–Trinajstić information content (AvgIpc) is 0.811. The van der Waals surface area contributed by atoms with Crippen molar-refractivity contribution in [3.63, 3.8) is 0 Å². The van der Waals surface area contributed by atoms with Gasteiger partial charge in [0.1, 0.15) is 0 Å². The standard InChI is InChI=1S/AsO3.Tl/c2-1(3)4;/q-3;+3. The second kappa shape index (κ2) is 5.36. The third-order valence-corrected chi connectivity index (χ3v) is 0. The molecule has 0 atom stereocenters. The summed E-state index contributed by atoms with van der Waals surface area (Å²) >= 11 is -3.94. The first-order valence-electron chi connectivity index (χ1n) is 0.548. The van der Waals surface area contributed by atoms with E-state index in [0.29, 0.717) is 0 Å². The van der Waals surface area contributed by atoms with Crippen LogP contribution in [0.2, 0.25) is 0 Å². The Morgan fingerprint density at radius 1 is 1.00 bits per heavy atom. The Hall–Kier alpha value is 1.36. The van der Waals surface area contributed by atoms with Gasteiger partial charge in [-0.05, 0) is 0 Å². The van der Waals surface area contributed by atoms with Gasteiger partial charge in [0.2, 0.25) is 0 Å². The molecule has 0 aromatic rings. The maximum atomic E-state index is 8.56. The zero-order chi connectivity index (χ0) is 3.58. The molecular formula is AsO3Tl. The SMILES string of the molecule is [O-][As]([O-])[O-].[Tl+3]. The molecule has 0 heterocycles. The fraction of sp³-hybridized carbons (Fsp3) is 0. The van der Waals surface area contributed by atoms with Crippen molar-refractivity contribution in [2.45, 2.75) is 0 Å². The molecule has 3 nitrogen and oxygen atoms in total. The van der Waals surface area contributed by atoms with Crippen molar-refractivity contribution in [3.8, 4) is 0 Å². The Bertz CT molecular complexity index is 11.6. The molecule has 0 fully saturated rings. The molecule has 26 valence electrons. The summed E-state index contributed by atoms with van der Waals surface area (Å²) in [5, 5.41) is 0. The van der Waals surface area contributed by atoms with Gasteiger partial charge in [0.25, 0.3) is 0 Å². The van der Waals surface area contributed by atoms with Crippen molar-refractivity contribution >= 4 is 43.0 Å². The fourth-order valence-electron chi connectivity index (χ4n) is 0. The molecule has 0 saturated carbocycles. The molecule has 5 heavy (non-hydrogen) atoms. The molecule has 0 saturated heterocycles. The first-order valence-corrected chi connectivity index (χ1v) is 2.85. The zero-order valence-corrected chi connectivity index (χ0v) is 8.61. The van der Waals surface area contributed by atoms with Gasteiger partial charge in [-0.2, -0.15) is 0 Å². The van der Waals surface area contributed by atoms with Crippen LogP contribution < -0.4 is 12.3 Å². The Labute approximate surface area is 55.1 Å². The normalized spacial score (nSPS) is 7.20. The van der Waals surface area contributed by atoms with Crippen LogP contribution >= 0.6 is 0 Å². The molecule has 0 aromatic carbocycles. The Morgan fingerprint density at radius 3 is 1.00 bits per heavy atom. The fourth-order valence-corrected chi connectivity index (χ4v) is 0. The molecule has 0 aliphatic carbocycles. The zero-order valence-electron chi connectivity index (χ0n) is 2.25. The van der Waals surface area contributed by atoms with Crippen LogP contribution in [-0.2, 0) is 0 Å². The van der Waals surface area contributed by atoms with Gasteiger partial charge in [-0.3, -0.25) is 0 Å². The minimum absolute atomic E-state index is 0.